The molecule has 2 N–H and O–H groups in total. The summed E-state index contributed by atoms with van der Waals surface area (Å²) < 4.78 is 54.5. The number of carboxylic acids is 1. The van der Waals surface area contributed by atoms with Crippen molar-refractivity contribution >= 4 is 17.5 Å². The van der Waals surface area contributed by atoms with Gasteiger partial charge in [0.2, 0.25) is 0 Å². The summed E-state index contributed by atoms with van der Waals surface area (Å²) in [7, 11) is 0. The van der Waals surface area contributed by atoms with E-state index in [9.17, 15) is 27.2 Å². The second-order valence-electron chi connectivity index (χ2n) is 8.79. The third-order valence-corrected chi connectivity index (χ3v) is 6.33. The lowest BCUT2D eigenvalue weighted by Crippen LogP contribution is -2.36. The Morgan fingerprint density at radius 1 is 1.03 bits per heavy atom. The lowest BCUT2D eigenvalue weighted by atomic mass is 10.0. The first-order valence-corrected chi connectivity index (χ1v) is 11.0. The molecular formula is C26H19F4N3O3. The van der Waals surface area contributed by atoms with E-state index in [2.05, 4.69) is 10.3 Å². The first-order valence-electron chi connectivity index (χ1n) is 11.0. The number of amides is 1. The van der Waals surface area contributed by atoms with Crippen molar-refractivity contribution in [1.29, 1.82) is 0 Å². The molecule has 10 heteroatoms. The van der Waals surface area contributed by atoms with Crippen LogP contribution in [0.3, 0.4) is 0 Å². The molecule has 0 aliphatic heterocycles. The van der Waals surface area contributed by atoms with Crippen LogP contribution in [0, 0.1) is 5.82 Å². The second kappa shape index (κ2) is 8.47. The van der Waals surface area contributed by atoms with E-state index in [1.807, 2.05) is 0 Å². The summed E-state index contributed by atoms with van der Waals surface area (Å²) in [4.78, 5) is 28.6. The fourth-order valence-electron chi connectivity index (χ4n) is 4.28. The van der Waals surface area contributed by atoms with E-state index in [1.165, 1.54) is 40.9 Å². The number of fused-ring (bicyclic) bond motifs is 1. The van der Waals surface area contributed by atoms with Gasteiger partial charge in [0.05, 0.1) is 16.7 Å². The molecule has 6 nitrogen and oxygen atoms in total. The van der Waals surface area contributed by atoms with E-state index < -0.39 is 35.0 Å². The summed E-state index contributed by atoms with van der Waals surface area (Å²) in [5, 5.41) is 12.1. The van der Waals surface area contributed by atoms with Crippen molar-refractivity contribution in [3.63, 3.8) is 0 Å². The number of carbonyl (C=O) groups excluding carboxylic acids is 1. The van der Waals surface area contributed by atoms with Crippen molar-refractivity contribution in [3.8, 4) is 0 Å². The molecule has 4 aromatic rings. The van der Waals surface area contributed by atoms with Gasteiger partial charge >= 0.3 is 12.1 Å². The molecule has 0 saturated heterocycles. The number of hydrogen-bond acceptors (Lipinski definition) is 3. The highest BCUT2D eigenvalue weighted by molar-refractivity contribution is 5.94. The maximum absolute atomic E-state index is 14.3. The summed E-state index contributed by atoms with van der Waals surface area (Å²) in [6.45, 7) is 0. The molecule has 2 aromatic heterocycles. The van der Waals surface area contributed by atoms with Crippen LogP contribution < -0.4 is 5.32 Å². The minimum absolute atomic E-state index is 0.00200. The molecule has 2 heterocycles. The number of nitrogens with one attached hydrogen (secondary N) is 1. The van der Waals surface area contributed by atoms with Crippen molar-refractivity contribution in [2.75, 3.05) is 0 Å². The van der Waals surface area contributed by atoms with Gasteiger partial charge in [-0.2, -0.15) is 13.2 Å². The lowest BCUT2D eigenvalue weighted by molar-refractivity contribution is -0.137. The number of alkyl halides is 3. The number of carbonyl (C=O) groups is 2. The minimum Gasteiger partial charge on any atom is -0.478 e. The zero-order chi connectivity index (χ0) is 25.7. The van der Waals surface area contributed by atoms with Gasteiger partial charge in [-0.15, -0.1) is 0 Å². The fourth-order valence-corrected chi connectivity index (χ4v) is 4.28. The maximum Gasteiger partial charge on any atom is 0.416 e. The zero-order valence-electron chi connectivity index (χ0n) is 18.6. The average molecular weight is 497 g/mol. The van der Waals surface area contributed by atoms with Crippen molar-refractivity contribution in [1.82, 2.24) is 14.7 Å². The molecular weight excluding hydrogens is 478 g/mol. The Labute approximate surface area is 202 Å². The Morgan fingerprint density at radius 2 is 1.69 bits per heavy atom. The van der Waals surface area contributed by atoms with Crippen LogP contribution in [0.4, 0.5) is 17.6 Å². The molecule has 1 aliphatic rings. The van der Waals surface area contributed by atoms with Crippen molar-refractivity contribution in [3.05, 3.63) is 106 Å². The monoisotopic (exact) mass is 497 g/mol. The first kappa shape index (κ1) is 23.5. The van der Waals surface area contributed by atoms with Gasteiger partial charge in [-0.25, -0.2) is 14.2 Å². The van der Waals surface area contributed by atoms with Crippen LogP contribution in [0.15, 0.2) is 66.9 Å². The topological polar surface area (TPSA) is 83.7 Å². The molecule has 36 heavy (non-hydrogen) atoms. The number of rotatable bonds is 6. The number of halogens is 4. The van der Waals surface area contributed by atoms with Crippen molar-refractivity contribution < 1.29 is 32.3 Å². The summed E-state index contributed by atoms with van der Waals surface area (Å²) in [6, 6.07) is 13.1. The van der Waals surface area contributed by atoms with Crippen LogP contribution in [0.5, 0.6) is 0 Å². The van der Waals surface area contributed by atoms with E-state index in [1.54, 1.807) is 12.1 Å². The van der Waals surface area contributed by atoms with Crippen molar-refractivity contribution in [2.24, 2.45) is 0 Å². The van der Waals surface area contributed by atoms with Crippen LogP contribution >= 0.6 is 0 Å². The molecule has 0 spiro atoms. The largest absolute Gasteiger partial charge is 0.478 e. The molecule has 2 aromatic carbocycles. The Bertz CT molecular complexity index is 1470. The van der Waals surface area contributed by atoms with Gasteiger partial charge in [0.25, 0.3) is 5.91 Å². The van der Waals surface area contributed by atoms with Gasteiger partial charge in [0.15, 0.2) is 0 Å². The van der Waals surface area contributed by atoms with Crippen LogP contribution in [-0.2, 0) is 18.1 Å². The molecule has 1 amide bonds. The van der Waals surface area contributed by atoms with E-state index in [-0.39, 0.29) is 23.3 Å². The standard InChI is InChI=1S/C26H19F4N3O3/c27-19-12-21(23(34)32-25(9-10-25)17-7-3-16(4-8-17)24(35)36)33-20(14-31-22(33)13-19)11-15-1-5-18(6-2-15)26(28,29)30/h1-8,12-14H,9-11H2,(H,32,34)(H,35,36). The molecule has 1 saturated carbocycles. The van der Waals surface area contributed by atoms with E-state index >= 15 is 0 Å². The highest BCUT2D eigenvalue weighted by atomic mass is 19.4. The average Bonchev–Trinajstić information content (AvgIpc) is 3.51. The van der Waals surface area contributed by atoms with Gasteiger partial charge in [-0.1, -0.05) is 24.3 Å². The number of pyridine rings is 1. The summed E-state index contributed by atoms with van der Waals surface area (Å²) >= 11 is 0. The van der Waals surface area contributed by atoms with Crippen LogP contribution in [0.25, 0.3) is 5.65 Å². The number of benzene rings is 2. The van der Waals surface area contributed by atoms with Crippen LogP contribution in [0.2, 0.25) is 0 Å². The van der Waals surface area contributed by atoms with Gasteiger partial charge in [-0.05, 0) is 48.2 Å². The normalized spacial score (nSPS) is 14.6. The Kier molecular flexibility index (Phi) is 5.54. The number of aromatic nitrogens is 2. The first-order chi connectivity index (χ1) is 17.1. The predicted octanol–water partition coefficient (Wildman–Crippen LogP) is 5.20. The second-order valence-corrected chi connectivity index (χ2v) is 8.79. The lowest BCUT2D eigenvalue weighted by Gasteiger charge is -2.19. The molecule has 0 unspecified atom stereocenters. The smallest absolute Gasteiger partial charge is 0.416 e. The number of hydrogen-bond donors (Lipinski definition) is 2. The minimum atomic E-state index is -4.45. The Hall–Kier alpha value is -4.21. The molecule has 0 radical (unpaired) electrons. The SMILES string of the molecule is O=C(O)c1ccc(C2(NC(=O)c3cc(F)cc4ncc(Cc5ccc(C(F)(F)F)cc5)n34)CC2)cc1. The Balaban J connectivity index is 1.44. The zero-order valence-corrected chi connectivity index (χ0v) is 18.6. The summed E-state index contributed by atoms with van der Waals surface area (Å²) in [6.07, 6.45) is -1.55. The third-order valence-electron chi connectivity index (χ3n) is 6.33. The molecule has 0 bridgehead atoms. The van der Waals surface area contributed by atoms with Gasteiger partial charge in [-0.3, -0.25) is 9.20 Å². The highest BCUT2D eigenvalue weighted by Gasteiger charge is 2.46. The molecule has 1 aliphatic carbocycles. The number of carboxylic acid groups (broad SMARTS) is 1. The predicted molar refractivity (Wildman–Crippen MR) is 121 cm³/mol. The molecule has 5 rings (SSSR count). The summed E-state index contributed by atoms with van der Waals surface area (Å²) in [5.74, 6) is -2.26. The van der Waals surface area contributed by atoms with Gasteiger partial charge < -0.3 is 10.4 Å². The quantitative estimate of drug-likeness (QED) is 0.359. The van der Waals surface area contributed by atoms with E-state index in [0.717, 1.165) is 23.8 Å². The summed E-state index contributed by atoms with van der Waals surface area (Å²) in [5.41, 5.74) is 0.667. The van der Waals surface area contributed by atoms with Gasteiger partial charge in [0, 0.05) is 30.4 Å². The van der Waals surface area contributed by atoms with Crippen LogP contribution in [-0.4, -0.2) is 26.4 Å². The number of imidazole rings is 1. The van der Waals surface area contributed by atoms with E-state index in [0.29, 0.717) is 24.1 Å². The maximum atomic E-state index is 14.3. The van der Waals surface area contributed by atoms with Crippen molar-refractivity contribution in [2.45, 2.75) is 31.0 Å². The molecule has 0 atom stereocenters. The fraction of sp³-hybridized carbons (Fsp3) is 0.192. The van der Waals surface area contributed by atoms with Gasteiger partial charge in [0.1, 0.15) is 17.2 Å². The number of nitrogens with zero attached hydrogens (tertiary/aromatic N) is 2. The highest BCUT2D eigenvalue weighted by Crippen LogP contribution is 2.45. The third kappa shape index (κ3) is 4.41. The molecule has 1 fully saturated rings. The van der Waals surface area contributed by atoms with E-state index in [4.69, 9.17) is 5.11 Å². The molecule has 184 valence electrons. The number of aromatic carboxylic acids is 1. The van der Waals surface area contributed by atoms with Crippen LogP contribution in [0.1, 0.15) is 56.1 Å². The Morgan fingerprint density at radius 3 is 2.28 bits per heavy atom.